The molecule has 0 saturated heterocycles. The van der Waals surface area contributed by atoms with Crippen LogP contribution in [0.15, 0.2) is 24.3 Å². The predicted molar refractivity (Wildman–Crippen MR) is 69.8 cm³/mol. The quantitative estimate of drug-likeness (QED) is 0.608. The molecule has 0 bridgehead atoms. The Morgan fingerprint density at radius 2 is 1.88 bits per heavy atom. The lowest BCUT2D eigenvalue weighted by Gasteiger charge is -2.16. The fourth-order valence-corrected chi connectivity index (χ4v) is 2.37. The minimum Gasteiger partial charge on any atom is -0.399 e. The van der Waals surface area contributed by atoms with Gasteiger partial charge in [-0.1, -0.05) is 31.7 Å². The predicted octanol–water partition coefficient (Wildman–Crippen LogP) is 2.72. The van der Waals surface area contributed by atoms with Crippen molar-refractivity contribution in [3.8, 4) is 0 Å². The number of hydrogen-bond acceptors (Lipinski definition) is 2. The molecule has 1 aliphatic rings. The smallest absolute Gasteiger partial charge is 0.251 e. The van der Waals surface area contributed by atoms with Crippen LogP contribution in [0.2, 0.25) is 0 Å². The van der Waals surface area contributed by atoms with Gasteiger partial charge in [0.1, 0.15) is 0 Å². The first-order chi connectivity index (χ1) is 8.25. The zero-order valence-corrected chi connectivity index (χ0v) is 10.1. The summed E-state index contributed by atoms with van der Waals surface area (Å²) >= 11 is 0. The Morgan fingerprint density at radius 3 is 2.53 bits per heavy atom. The lowest BCUT2D eigenvalue weighted by Crippen LogP contribution is -2.34. The first kappa shape index (κ1) is 12.0. The van der Waals surface area contributed by atoms with Crippen molar-refractivity contribution >= 4 is 11.6 Å². The highest BCUT2D eigenvalue weighted by molar-refractivity contribution is 5.95. The fraction of sp³-hybridized carbons (Fsp3) is 0.500. The Balaban J connectivity index is 1.96. The number of anilines is 1. The summed E-state index contributed by atoms with van der Waals surface area (Å²) in [5, 5.41) is 3.11. The zero-order valence-electron chi connectivity index (χ0n) is 10.1. The van der Waals surface area contributed by atoms with E-state index in [1.54, 1.807) is 12.1 Å². The number of nitrogens with one attached hydrogen (secondary N) is 1. The summed E-state index contributed by atoms with van der Waals surface area (Å²) in [5.74, 6) is 0.00389. The molecule has 17 heavy (non-hydrogen) atoms. The minimum atomic E-state index is 0.00389. The van der Waals surface area contributed by atoms with Crippen LogP contribution >= 0.6 is 0 Å². The average molecular weight is 232 g/mol. The molecular weight excluding hydrogens is 212 g/mol. The molecule has 0 spiro atoms. The molecule has 0 heterocycles. The minimum absolute atomic E-state index is 0.00389. The molecule has 1 aromatic carbocycles. The van der Waals surface area contributed by atoms with Crippen molar-refractivity contribution in [2.45, 2.75) is 44.6 Å². The van der Waals surface area contributed by atoms with Crippen LogP contribution in [0.5, 0.6) is 0 Å². The van der Waals surface area contributed by atoms with Crippen molar-refractivity contribution in [3.05, 3.63) is 29.8 Å². The largest absolute Gasteiger partial charge is 0.399 e. The molecule has 1 amide bonds. The summed E-state index contributed by atoms with van der Waals surface area (Å²) in [6.45, 7) is 0. The van der Waals surface area contributed by atoms with E-state index in [0.29, 0.717) is 17.3 Å². The number of benzene rings is 1. The summed E-state index contributed by atoms with van der Waals surface area (Å²) < 4.78 is 0. The van der Waals surface area contributed by atoms with Crippen molar-refractivity contribution in [1.82, 2.24) is 5.32 Å². The molecule has 0 unspecified atom stereocenters. The van der Waals surface area contributed by atoms with Gasteiger partial charge in [-0.3, -0.25) is 4.79 Å². The number of rotatable bonds is 2. The van der Waals surface area contributed by atoms with Gasteiger partial charge in [0.25, 0.3) is 5.91 Å². The normalized spacial score (nSPS) is 17.4. The molecule has 0 aliphatic heterocycles. The first-order valence-electron chi connectivity index (χ1n) is 6.42. The Labute approximate surface area is 102 Å². The van der Waals surface area contributed by atoms with E-state index < -0.39 is 0 Å². The van der Waals surface area contributed by atoms with E-state index >= 15 is 0 Å². The van der Waals surface area contributed by atoms with Gasteiger partial charge in [0.15, 0.2) is 0 Å². The second-order valence-electron chi connectivity index (χ2n) is 4.79. The van der Waals surface area contributed by atoms with Crippen LogP contribution in [0.1, 0.15) is 48.9 Å². The Morgan fingerprint density at radius 1 is 1.18 bits per heavy atom. The van der Waals surface area contributed by atoms with E-state index in [0.717, 1.165) is 12.8 Å². The molecular formula is C14H20N2O. The summed E-state index contributed by atoms with van der Waals surface area (Å²) in [4.78, 5) is 12.0. The summed E-state index contributed by atoms with van der Waals surface area (Å²) in [7, 11) is 0. The number of carbonyl (C=O) groups is 1. The van der Waals surface area contributed by atoms with Crippen molar-refractivity contribution < 1.29 is 4.79 Å². The molecule has 1 aromatic rings. The third kappa shape index (κ3) is 3.48. The Bertz CT molecular complexity index is 382. The van der Waals surface area contributed by atoms with Gasteiger partial charge in [0.05, 0.1) is 0 Å². The molecule has 1 saturated carbocycles. The van der Waals surface area contributed by atoms with Crippen LogP contribution < -0.4 is 11.1 Å². The fourth-order valence-electron chi connectivity index (χ4n) is 2.37. The van der Waals surface area contributed by atoms with Crippen LogP contribution in [0.25, 0.3) is 0 Å². The van der Waals surface area contributed by atoms with Crippen LogP contribution in [0.4, 0.5) is 5.69 Å². The summed E-state index contributed by atoms with van der Waals surface area (Å²) in [5.41, 5.74) is 6.97. The van der Waals surface area contributed by atoms with E-state index in [4.69, 9.17) is 5.73 Å². The third-order valence-corrected chi connectivity index (χ3v) is 3.34. The monoisotopic (exact) mass is 232 g/mol. The van der Waals surface area contributed by atoms with Gasteiger partial charge in [-0.25, -0.2) is 0 Å². The van der Waals surface area contributed by atoms with E-state index in [-0.39, 0.29) is 5.91 Å². The van der Waals surface area contributed by atoms with Gasteiger partial charge in [-0.15, -0.1) is 0 Å². The highest BCUT2D eigenvalue weighted by Crippen LogP contribution is 2.17. The number of hydrogen-bond donors (Lipinski definition) is 2. The third-order valence-electron chi connectivity index (χ3n) is 3.34. The van der Waals surface area contributed by atoms with E-state index in [2.05, 4.69) is 5.32 Å². The average Bonchev–Trinajstić information content (AvgIpc) is 2.57. The van der Waals surface area contributed by atoms with Crippen LogP contribution in [0, 0.1) is 0 Å². The Hall–Kier alpha value is -1.51. The standard InChI is InChI=1S/C14H20N2O/c15-12-7-5-6-11(10-12)14(17)16-13-8-3-1-2-4-9-13/h5-7,10,13H,1-4,8-9,15H2,(H,16,17). The van der Waals surface area contributed by atoms with E-state index in [9.17, 15) is 4.79 Å². The molecule has 1 aliphatic carbocycles. The van der Waals surface area contributed by atoms with Crippen LogP contribution in [-0.4, -0.2) is 11.9 Å². The SMILES string of the molecule is Nc1cccc(C(=O)NC2CCCCCC2)c1. The van der Waals surface area contributed by atoms with Crippen molar-refractivity contribution in [3.63, 3.8) is 0 Å². The molecule has 3 heteroatoms. The molecule has 3 N–H and O–H groups in total. The highest BCUT2D eigenvalue weighted by Gasteiger charge is 2.15. The van der Waals surface area contributed by atoms with Crippen molar-refractivity contribution in [2.75, 3.05) is 5.73 Å². The van der Waals surface area contributed by atoms with Gasteiger partial charge in [0, 0.05) is 17.3 Å². The van der Waals surface area contributed by atoms with Crippen LogP contribution in [-0.2, 0) is 0 Å². The molecule has 0 atom stereocenters. The van der Waals surface area contributed by atoms with Gasteiger partial charge in [-0.05, 0) is 31.0 Å². The van der Waals surface area contributed by atoms with Gasteiger partial charge in [0.2, 0.25) is 0 Å². The zero-order chi connectivity index (χ0) is 12.1. The van der Waals surface area contributed by atoms with Gasteiger partial charge in [-0.2, -0.15) is 0 Å². The maximum Gasteiger partial charge on any atom is 0.251 e. The lowest BCUT2D eigenvalue weighted by atomic mass is 10.1. The molecule has 2 rings (SSSR count). The van der Waals surface area contributed by atoms with E-state index in [1.165, 1.54) is 25.7 Å². The van der Waals surface area contributed by atoms with Crippen molar-refractivity contribution in [2.24, 2.45) is 0 Å². The van der Waals surface area contributed by atoms with Crippen molar-refractivity contribution in [1.29, 1.82) is 0 Å². The molecule has 0 radical (unpaired) electrons. The lowest BCUT2D eigenvalue weighted by molar-refractivity contribution is 0.0933. The molecule has 3 nitrogen and oxygen atoms in total. The second kappa shape index (κ2) is 5.71. The number of nitrogens with two attached hydrogens (primary N) is 1. The van der Waals surface area contributed by atoms with Gasteiger partial charge < -0.3 is 11.1 Å². The topological polar surface area (TPSA) is 55.1 Å². The molecule has 0 aromatic heterocycles. The highest BCUT2D eigenvalue weighted by atomic mass is 16.1. The Kier molecular flexibility index (Phi) is 4.02. The van der Waals surface area contributed by atoms with E-state index in [1.807, 2.05) is 12.1 Å². The van der Waals surface area contributed by atoms with Crippen LogP contribution in [0.3, 0.4) is 0 Å². The molecule has 92 valence electrons. The second-order valence-corrected chi connectivity index (χ2v) is 4.79. The van der Waals surface area contributed by atoms with Gasteiger partial charge >= 0.3 is 0 Å². The maximum atomic E-state index is 12.0. The number of amides is 1. The number of nitrogen functional groups attached to an aromatic ring is 1. The number of carbonyl (C=O) groups excluding carboxylic acids is 1. The summed E-state index contributed by atoms with van der Waals surface area (Å²) in [6, 6.07) is 7.49. The maximum absolute atomic E-state index is 12.0. The first-order valence-corrected chi connectivity index (χ1v) is 6.42. The summed E-state index contributed by atoms with van der Waals surface area (Å²) in [6.07, 6.45) is 7.25. The molecule has 1 fully saturated rings.